The van der Waals surface area contributed by atoms with Crippen molar-refractivity contribution in [1.29, 1.82) is 0 Å². The maximum atomic E-state index is 9.44. The second-order valence-corrected chi connectivity index (χ2v) is 4.55. The molecule has 0 radical (unpaired) electrons. The van der Waals surface area contributed by atoms with Gasteiger partial charge in [-0.1, -0.05) is 18.2 Å². The van der Waals surface area contributed by atoms with Crippen molar-refractivity contribution < 1.29 is 10.0 Å². The fraction of sp³-hybridized carbons (Fsp3) is 0.143. The van der Waals surface area contributed by atoms with E-state index in [1.165, 1.54) is 0 Å². The van der Waals surface area contributed by atoms with Gasteiger partial charge in [-0.2, -0.15) is 10.2 Å². The van der Waals surface area contributed by atoms with E-state index in [-0.39, 0.29) is 0 Å². The summed E-state index contributed by atoms with van der Waals surface area (Å²) in [6.07, 6.45) is 0. The molecule has 0 aliphatic carbocycles. The summed E-state index contributed by atoms with van der Waals surface area (Å²) in [5.41, 5.74) is 2.35. The molecule has 0 atom stereocenters. The van der Waals surface area contributed by atoms with Crippen LogP contribution in [-0.2, 0) is 0 Å². The molecule has 2 aromatic rings. The largest absolute Gasteiger partial charge is 0.490 e. The van der Waals surface area contributed by atoms with Gasteiger partial charge in [0.05, 0.1) is 11.4 Å². The van der Waals surface area contributed by atoms with Crippen LogP contribution >= 0.6 is 0 Å². The fourth-order valence-electron chi connectivity index (χ4n) is 1.72. The standard InChI is InChI=1S/C14H16BN3O2/c1-18(2)12-8-9-14(13(10-12)15(19)20)17-16-11-6-4-3-5-7-11/h3-10,19-20H,1-2H3/b17-16+. The van der Waals surface area contributed by atoms with Gasteiger partial charge in [0, 0.05) is 25.2 Å². The summed E-state index contributed by atoms with van der Waals surface area (Å²) in [5.74, 6) is 0. The Balaban J connectivity index is 2.34. The number of nitrogens with zero attached hydrogens (tertiary/aromatic N) is 3. The molecule has 0 amide bonds. The van der Waals surface area contributed by atoms with E-state index in [0.717, 1.165) is 5.69 Å². The van der Waals surface area contributed by atoms with Crippen LogP contribution in [-0.4, -0.2) is 31.3 Å². The molecule has 0 saturated heterocycles. The third kappa shape index (κ3) is 3.43. The molecule has 0 fully saturated rings. The molecule has 0 spiro atoms. The molecule has 2 rings (SSSR count). The van der Waals surface area contributed by atoms with Gasteiger partial charge in [0.1, 0.15) is 0 Å². The zero-order chi connectivity index (χ0) is 14.5. The number of hydrogen-bond donors (Lipinski definition) is 2. The minimum absolute atomic E-state index is 0.330. The molecule has 0 aromatic heterocycles. The van der Waals surface area contributed by atoms with E-state index < -0.39 is 7.12 Å². The van der Waals surface area contributed by atoms with E-state index in [1.807, 2.05) is 55.4 Å². The Labute approximate surface area is 118 Å². The third-order valence-corrected chi connectivity index (χ3v) is 2.84. The Bertz CT molecular complexity index is 601. The minimum Gasteiger partial charge on any atom is -0.423 e. The number of benzene rings is 2. The van der Waals surface area contributed by atoms with Crippen LogP contribution in [0, 0.1) is 0 Å². The Morgan fingerprint density at radius 3 is 2.25 bits per heavy atom. The van der Waals surface area contributed by atoms with Crippen LogP contribution in [0.3, 0.4) is 0 Å². The van der Waals surface area contributed by atoms with Crippen LogP contribution in [0.1, 0.15) is 0 Å². The predicted octanol–water partition coefficient (Wildman–Crippen LogP) is 1.85. The SMILES string of the molecule is CN(C)c1ccc(/N=N/c2ccccc2)c(B(O)O)c1. The Kier molecular flexibility index (Phi) is 4.50. The van der Waals surface area contributed by atoms with E-state index >= 15 is 0 Å². The van der Waals surface area contributed by atoms with Crippen molar-refractivity contribution in [3.63, 3.8) is 0 Å². The van der Waals surface area contributed by atoms with Gasteiger partial charge in [0.25, 0.3) is 0 Å². The Hall–Kier alpha value is -2.18. The number of anilines is 1. The average Bonchev–Trinajstić information content (AvgIpc) is 2.45. The summed E-state index contributed by atoms with van der Waals surface area (Å²) in [4.78, 5) is 1.88. The van der Waals surface area contributed by atoms with Crippen molar-refractivity contribution in [2.45, 2.75) is 0 Å². The van der Waals surface area contributed by atoms with Crippen molar-refractivity contribution in [3.8, 4) is 0 Å². The van der Waals surface area contributed by atoms with Gasteiger partial charge in [-0.25, -0.2) is 0 Å². The number of hydrogen-bond acceptors (Lipinski definition) is 5. The first-order chi connectivity index (χ1) is 9.58. The van der Waals surface area contributed by atoms with Gasteiger partial charge < -0.3 is 14.9 Å². The van der Waals surface area contributed by atoms with Gasteiger partial charge in [-0.05, 0) is 30.3 Å². The van der Waals surface area contributed by atoms with E-state index in [0.29, 0.717) is 16.8 Å². The van der Waals surface area contributed by atoms with Crippen molar-refractivity contribution in [1.82, 2.24) is 0 Å². The van der Waals surface area contributed by atoms with Crippen molar-refractivity contribution >= 4 is 29.6 Å². The smallest absolute Gasteiger partial charge is 0.423 e. The molecule has 0 bridgehead atoms. The molecule has 0 unspecified atom stereocenters. The molecule has 0 heterocycles. The van der Waals surface area contributed by atoms with Crippen LogP contribution in [0.5, 0.6) is 0 Å². The first kappa shape index (κ1) is 14.2. The summed E-state index contributed by atoms with van der Waals surface area (Å²) < 4.78 is 0. The van der Waals surface area contributed by atoms with E-state index in [2.05, 4.69) is 10.2 Å². The molecule has 5 nitrogen and oxygen atoms in total. The van der Waals surface area contributed by atoms with Gasteiger partial charge in [0.15, 0.2) is 0 Å². The maximum Gasteiger partial charge on any atom is 0.490 e. The lowest BCUT2D eigenvalue weighted by Crippen LogP contribution is -2.30. The van der Waals surface area contributed by atoms with Gasteiger partial charge in [-0.15, -0.1) is 0 Å². The zero-order valence-electron chi connectivity index (χ0n) is 11.4. The summed E-state index contributed by atoms with van der Waals surface area (Å²) in [6.45, 7) is 0. The van der Waals surface area contributed by atoms with Crippen LogP contribution in [0.4, 0.5) is 17.1 Å². The highest BCUT2D eigenvalue weighted by molar-refractivity contribution is 6.60. The molecular formula is C14H16BN3O2. The lowest BCUT2D eigenvalue weighted by molar-refractivity contribution is 0.426. The molecule has 2 N–H and O–H groups in total. The Morgan fingerprint density at radius 1 is 0.950 bits per heavy atom. The van der Waals surface area contributed by atoms with Crippen LogP contribution < -0.4 is 10.4 Å². The molecular weight excluding hydrogens is 253 g/mol. The molecule has 0 aliphatic heterocycles. The first-order valence-electron chi connectivity index (χ1n) is 6.22. The summed E-state index contributed by atoms with van der Waals surface area (Å²) in [7, 11) is 2.18. The summed E-state index contributed by atoms with van der Waals surface area (Å²) in [5, 5.41) is 27.1. The first-order valence-corrected chi connectivity index (χ1v) is 6.22. The van der Waals surface area contributed by atoms with Gasteiger partial charge in [-0.3, -0.25) is 0 Å². The lowest BCUT2D eigenvalue weighted by Gasteiger charge is -2.14. The topological polar surface area (TPSA) is 68.4 Å². The highest BCUT2D eigenvalue weighted by Crippen LogP contribution is 2.19. The highest BCUT2D eigenvalue weighted by atomic mass is 16.4. The molecule has 102 valence electrons. The van der Waals surface area contributed by atoms with Crippen LogP contribution in [0.25, 0.3) is 0 Å². The van der Waals surface area contributed by atoms with Gasteiger partial charge >= 0.3 is 7.12 Å². The third-order valence-electron chi connectivity index (χ3n) is 2.84. The predicted molar refractivity (Wildman–Crippen MR) is 81.2 cm³/mol. The number of azo groups is 1. The van der Waals surface area contributed by atoms with Crippen molar-refractivity contribution in [3.05, 3.63) is 48.5 Å². The summed E-state index contributed by atoms with van der Waals surface area (Å²) >= 11 is 0. The Morgan fingerprint density at radius 2 is 1.65 bits per heavy atom. The normalized spacial score (nSPS) is 10.8. The lowest BCUT2D eigenvalue weighted by atomic mass is 9.79. The molecule has 20 heavy (non-hydrogen) atoms. The van der Waals surface area contributed by atoms with Gasteiger partial charge in [0.2, 0.25) is 0 Å². The monoisotopic (exact) mass is 269 g/mol. The average molecular weight is 269 g/mol. The quantitative estimate of drug-likeness (QED) is 0.657. The number of rotatable bonds is 4. The molecule has 0 saturated carbocycles. The molecule has 0 aliphatic rings. The van der Waals surface area contributed by atoms with E-state index in [4.69, 9.17) is 0 Å². The molecule has 6 heteroatoms. The fourth-order valence-corrected chi connectivity index (χ4v) is 1.72. The van der Waals surface area contributed by atoms with E-state index in [1.54, 1.807) is 12.1 Å². The van der Waals surface area contributed by atoms with Crippen LogP contribution in [0.15, 0.2) is 58.8 Å². The van der Waals surface area contributed by atoms with E-state index in [9.17, 15) is 10.0 Å². The maximum absolute atomic E-state index is 9.44. The zero-order valence-corrected chi connectivity index (χ0v) is 11.4. The highest BCUT2D eigenvalue weighted by Gasteiger charge is 2.17. The second kappa shape index (κ2) is 6.32. The molecule has 2 aromatic carbocycles. The van der Waals surface area contributed by atoms with Crippen LogP contribution in [0.2, 0.25) is 0 Å². The van der Waals surface area contributed by atoms with Crippen molar-refractivity contribution in [2.24, 2.45) is 10.2 Å². The minimum atomic E-state index is -1.58. The summed E-state index contributed by atoms with van der Waals surface area (Å²) in [6, 6.07) is 14.5. The second-order valence-electron chi connectivity index (χ2n) is 4.55. The van der Waals surface area contributed by atoms with Crippen molar-refractivity contribution in [2.75, 3.05) is 19.0 Å².